The maximum Gasteiger partial charge on any atom is 0.126 e. The third-order valence-corrected chi connectivity index (χ3v) is 3.92. The first-order valence-electron chi connectivity index (χ1n) is 6.87. The van der Waals surface area contributed by atoms with Gasteiger partial charge >= 0.3 is 0 Å². The zero-order valence-corrected chi connectivity index (χ0v) is 11.7. The Balaban J connectivity index is 1.87. The van der Waals surface area contributed by atoms with Crippen molar-refractivity contribution in [3.63, 3.8) is 0 Å². The van der Waals surface area contributed by atoms with Gasteiger partial charge < -0.3 is 10.1 Å². The summed E-state index contributed by atoms with van der Waals surface area (Å²) in [5.74, 6) is 0.366. The van der Waals surface area contributed by atoms with Crippen molar-refractivity contribution >= 4 is 0 Å². The molecule has 0 spiro atoms. The summed E-state index contributed by atoms with van der Waals surface area (Å²) >= 11 is 0. The van der Waals surface area contributed by atoms with E-state index in [0.717, 1.165) is 12.0 Å². The summed E-state index contributed by atoms with van der Waals surface area (Å²) in [7, 11) is 1.93. The van der Waals surface area contributed by atoms with Crippen molar-refractivity contribution in [1.82, 2.24) is 5.32 Å². The van der Waals surface area contributed by atoms with Crippen LogP contribution in [-0.4, -0.2) is 13.2 Å². The van der Waals surface area contributed by atoms with Crippen LogP contribution in [-0.2, 0) is 6.42 Å². The Bertz CT molecular complexity index is 626. The van der Waals surface area contributed by atoms with Gasteiger partial charge in [-0.25, -0.2) is 4.39 Å². The van der Waals surface area contributed by atoms with Crippen LogP contribution >= 0.6 is 0 Å². The van der Waals surface area contributed by atoms with E-state index >= 15 is 0 Å². The highest BCUT2D eigenvalue weighted by Gasteiger charge is 2.32. The molecule has 0 amide bonds. The molecule has 0 saturated heterocycles. The van der Waals surface area contributed by atoms with E-state index in [1.165, 1.54) is 23.3 Å². The number of ether oxygens (including phenoxy) is 1. The number of likely N-dealkylation sites (N-methyl/N-ethyl adjacent to an activating group) is 1. The van der Waals surface area contributed by atoms with Crippen LogP contribution in [0.2, 0.25) is 0 Å². The number of nitrogens with one attached hydrogen (secondary N) is 1. The number of fused-ring (bicyclic) bond motifs is 1. The molecule has 2 nitrogen and oxygen atoms in total. The molecule has 2 unspecified atom stereocenters. The fourth-order valence-corrected chi connectivity index (χ4v) is 2.87. The van der Waals surface area contributed by atoms with Gasteiger partial charge in [0, 0.05) is 12.5 Å². The van der Waals surface area contributed by atoms with Crippen molar-refractivity contribution in [2.75, 3.05) is 7.05 Å². The van der Waals surface area contributed by atoms with Crippen molar-refractivity contribution in [3.05, 3.63) is 65.0 Å². The van der Waals surface area contributed by atoms with E-state index in [2.05, 4.69) is 17.4 Å². The van der Waals surface area contributed by atoms with Crippen LogP contribution in [0.5, 0.6) is 5.75 Å². The third kappa shape index (κ3) is 2.29. The zero-order chi connectivity index (χ0) is 14.1. The molecule has 0 aliphatic heterocycles. The largest absolute Gasteiger partial charge is 0.488 e. The van der Waals surface area contributed by atoms with Crippen LogP contribution in [0, 0.1) is 12.7 Å². The highest BCUT2D eigenvalue weighted by molar-refractivity contribution is 5.38. The predicted molar refractivity (Wildman–Crippen MR) is 77.5 cm³/mol. The molecule has 20 heavy (non-hydrogen) atoms. The van der Waals surface area contributed by atoms with Gasteiger partial charge in [0.2, 0.25) is 0 Å². The molecule has 2 aromatic rings. The van der Waals surface area contributed by atoms with E-state index in [-0.39, 0.29) is 18.0 Å². The lowest BCUT2D eigenvalue weighted by Crippen LogP contribution is -2.30. The first kappa shape index (κ1) is 13.1. The Morgan fingerprint density at radius 2 is 2.00 bits per heavy atom. The van der Waals surface area contributed by atoms with Crippen LogP contribution in [0.25, 0.3) is 0 Å². The predicted octanol–water partition coefficient (Wildman–Crippen LogP) is 3.40. The van der Waals surface area contributed by atoms with Gasteiger partial charge in [-0.3, -0.25) is 0 Å². The van der Waals surface area contributed by atoms with Crippen LogP contribution < -0.4 is 10.1 Å². The summed E-state index contributed by atoms with van der Waals surface area (Å²) in [6.45, 7) is 1.94. The molecule has 3 rings (SSSR count). The molecule has 1 aliphatic rings. The molecule has 1 aliphatic carbocycles. The summed E-state index contributed by atoms with van der Waals surface area (Å²) in [6, 6.07) is 13.2. The maximum absolute atomic E-state index is 13.4. The molecule has 1 N–H and O–H groups in total. The topological polar surface area (TPSA) is 21.3 Å². The van der Waals surface area contributed by atoms with Gasteiger partial charge in [-0.1, -0.05) is 30.3 Å². The summed E-state index contributed by atoms with van der Waals surface area (Å²) in [5, 5.41) is 3.31. The second-order valence-corrected chi connectivity index (χ2v) is 5.24. The standard InChI is InChI=1S/C17H18FNO/c1-11-7-8-13(18)10-15(11)20-16-9-12-5-3-4-6-14(12)17(16)19-2/h3-8,10,16-17,19H,9H2,1-2H3. The molecule has 0 aromatic heterocycles. The molecule has 0 heterocycles. The molecule has 104 valence electrons. The van der Waals surface area contributed by atoms with Crippen LogP contribution in [0.1, 0.15) is 22.7 Å². The summed E-state index contributed by atoms with van der Waals surface area (Å²) in [5.41, 5.74) is 3.53. The number of halogens is 1. The first-order chi connectivity index (χ1) is 9.69. The second-order valence-electron chi connectivity index (χ2n) is 5.24. The number of aryl methyl sites for hydroxylation is 1. The van der Waals surface area contributed by atoms with Crippen molar-refractivity contribution in [2.24, 2.45) is 0 Å². The molecular weight excluding hydrogens is 253 g/mol. The summed E-state index contributed by atoms with van der Waals surface area (Å²) in [6.07, 6.45) is 0.843. The molecule has 0 saturated carbocycles. The Morgan fingerprint density at radius 1 is 1.20 bits per heavy atom. The van der Waals surface area contributed by atoms with Crippen molar-refractivity contribution < 1.29 is 9.13 Å². The second kappa shape index (κ2) is 5.25. The summed E-state index contributed by atoms with van der Waals surface area (Å²) < 4.78 is 19.4. The minimum absolute atomic E-state index is 0.00194. The van der Waals surface area contributed by atoms with Crippen LogP contribution in [0.15, 0.2) is 42.5 Å². The van der Waals surface area contributed by atoms with Gasteiger partial charge in [-0.15, -0.1) is 0 Å². The number of benzene rings is 2. The van der Waals surface area contributed by atoms with E-state index < -0.39 is 0 Å². The van der Waals surface area contributed by atoms with Crippen molar-refractivity contribution in [1.29, 1.82) is 0 Å². The van der Waals surface area contributed by atoms with E-state index in [4.69, 9.17) is 4.74 Å². The smallest absolute Gasteiger partial charge is 0.126 e. The SMILES string of the molecule is CNC1c2ccccc2CC1Oc1cc(F)ccc1C. The number of rotatable bonds is 3. The lowest BCUT2D eigenvalue weighted by Gasteiger charge is -2.22. The fourth-order valence-electron chi connectivity index (χ4n) is 2.87. The fraction of sp³-hybridized carbons (Fsp3) is 0.294. The van der Waals surface area contributed by atoms with E-state index in [9.17, 15) is 4.39 Å². The first-order valence-corrected chi connectivity index (χ1v) is 6.87. The minimum atomic E-state index is -0.262. The Hall–Kier alpha value is -1.87. The number of hydrogen-bond donors (Lipinski definition) is 1. The lowest BCUT2D eigenvalue weighted by molar-refractivity contribution is 0.169. The van der Waals surface area contributed by atoms with Crippen LogP contribution in [0.3, 0.4) is 0 Å². The van der Waals surface area contributed by atoms with Gasteiger partial charge in [0.15, 0.2) is 0 Å². The minimum Gasteiger partial charge on any atom is -0.488 e. The third-order valence-electron chi connectivity index (χ3n) is 3.92. The van der Waals surface area contributed by atoms with E-state index in [1.807, 2.05) is 26.1 Å². The Kier molecular flexibility index (Phi) is 3.45. The molecule has 2 aromatic carbocycles. The molecule has 2 atom stereocenters. The Morgan fingerprint density at radius 3 is 2.80 bits per heavy atom. The van der Waals surface area contributed by atoms with Gasteiger partial charge in [0.1, 0.15) is 17.7 Å². The van der Waals surface area contributed by atoms with E-state index in [1.54, 1.807) is 6.07 Å². The average molecular weight is 271 g/mol. The number of hydrogen-bond acceptors (Lipinski definition) is 2. The highest BCUT2D eigenvalue weighted by Crippen LogP contribution is 2.34. The van der Waals surface area contributed by atoms with Gasteiger partial charge in [-0.2, -0.15) is 0 Å². The quantitative estimate of drug-likeness (QED) is 0.924. The lowest BCUT2D eigenvalue weighted by atomic mass is 10.1. The van der Waals surface area contributed by atoms with Gasteiger partial charge in [0.25, 0.3) is 0 Å². The van der Waals surface area contributed by atoms with Gasteiger partial charge in [-0.05, 0) is 36.7 Å². The van der Waals surface area contributed by atoms with Crippen LogP contribution in [0.4, 0.5) is 4.39 Å². The maximum atomic E-state index is 13.4. The average Bonchev–Trinajstić information content (AvgIpc) is 2.80. The highest BCUT2D eigenvalue weighted by atomic mass is 19.1. The van der Waals surface area contributed by atoms with Gasteiger partial charge in [0.05, 0.1) is 6.04 Å². The zero-order valence-electron chi connectivity index (χ0n) is 11.7. The summed E-state index contributed by atoms with van der Waals surface area (Å²) in [4.78, 5) is 0. The monoisotopic (exact) mass is 271 g/mol. The molecule has 0 bridgehead atoms. The van der Waals surface area contributed by atoms with Crippen molar-refractivity contribution in [2.45, 2.75) is 25.5 Å². The van der Waals surface area contributed by atoms with Crippen molar-refractivity contribution in [3.8, 4) is 5.75 Å². The normalized spacial score (nSPS) is 20.8. The molecule has 3 heteroatoms. The van der Waals surface area contributed by atoms with E-state index in [0.29, 0.717) is 5.75 Å². The molecular formula is C17H18FNO. The molecule has 0 fully saturated rings. The Labute approximate surface area is 118 Å². The molecule has 0 radical (unpaired) electrons.